The number of ether oxygens (including phenoxy) is 2. The van der Waals surface area contributed by atoms with Crippen LogP contribution in [0.5, 0.6) is 5.75 Å². The van der Waals surface area contributed by atoms with Gasteiger partial charge in [-0.05, 0) is 65.9 Å². The lowest BCUT2D eigenvalue weighted by molar-refractivity contribution is -0.121. The zero-order valence-corrected chi connectivity index (χ0v) is 20.9. The van der Waals surface area contributed by atoms with E-state index >= 15 is 0 Å². The second-order valence-electron chi connectivity index (χ2n) is 7.36. The summed E-state index contributed by atoms with van der Waals surface area (Å²) in [5.41, 5.74) is 2.92. The molecule has 6 nitrogen and oxygen atoms in total. The van der Waals surface area contributed by atoms with E-state index in [0.717, 1.165) is 15.6 Å². The number of amidine groups is 1. The second-order valence-corrected chi connectivity index (χ2v) is 9.29. The van der Waals surface area contributed by atoms with Crippen molar-refractivity contribution >= 4 is 56.5 Å². The molecule has 0 spiro atoms. The van der Waals surface area contributed by atoms with Crippen molar-refractivity contribution in [1.29, 1.82) is 0 Å². The molecule has 1 aliphatic rings. The molecular weight excluding hydrogens is 516 g/mol. The van der Waals surface area contributed by atoms with E-state index in [1.807, 2.05) is 54.6 Å². The molecule has 0 unspecified atom stereocenters. The van der Waals surface area contributed by atoms with Crippen molar-refractivity contribution < 1.29 is 19.1 Å². The molecule has 0 radical (unpaired) electrons. The van der Waals surface area contributed by atoms with Crippen molar-refractivity contribution in [3.63, 3.8) is 0 Å². The summed E-state index contributed by atoms with van der Waals surface area (Å²) in [5, 5.41) is 0.545. The van der Waals surface area contributed by atoms with Gasteiger partial charge in [-0.1, -0.05) is 46.3 Å². The Labute approximate surface area is 210 Å². The highest BCUT2D eigenvalue weighted by Gasteiger charge is 2.30. The Morgan fingerprint density at radius 3 is 2.53 bits per heavy atom. The van der Waals surface area contributed by atoms with E-state index in [1.54, 1.807) is 31.3 Å². The van der Waals surface area contributed by atoms with Crippen molar-refractivity contribution in [3.8, 4) is 5.75 Å². The molecule has 0 N–H and O–H groups in total. The molecule has 1 aliphatic heterocycles. The van der Waals surface area contributed by atoms with Gasteiger partial charge in [0.05, 0.1) is 23.3 Å². The monoisotopic (exact) mass is 536 g/mol. The first kappa shape index (κ1) is 23.8. The predicted octanol–water partition coefficient (Wildman–Crippen LogP) is 6.05. The number of halogens is 1. The van der Waals surface area contributed by atoms with Crippen LogP contribution in [0.3, 0.4) is 0 Å². The number of hydrogen-bond acceptors (Lipinski definition) is 6. The lowest BCUT2D eigenvalue weighted by atomic mass is 10.1. The molecule has 0 bridgehead atoms. The van der Waals surface area contributed by atoms with E-state index in [1.165, 1.54) is 23.8 Å². The van der Waals surface area contributed by atoms with Gasteiger partial charge in [0.25, 0.3) is 5.91 Å². The Balaban J connectivity index is 1.56. The molecule has 3 aromatic rings. The van der Waals surface area contributed by atoms with Gasteiger partial charge in [0.2, 0.25) is 0 Å². The number of methoxy groups -OCH3 is 1. The summed E-state index contributed by atoms with van der Waals surface area (Å²) in [4.78, 5) is 31.2. The van der Waals surface area contributed by atoms with Gasteiger partial charge in [0.1, 0.15) is 12.4 Å². The molecular formula is C26H21BrN2O4S. The number of benzene rings is 3. The average Bonchev–Trinajstić information content (AvgIpc) is 3.11. The summed E-state index contributed by atoms with van der Waals surface area (Å²) >= 11 is 4.79. The number of hydrogen-bond donors (Lipinski definition) is 0. The number of thioether (sulfide) groups is 1. The fourth-order valence-electron chi connectivity index (χ4n) is 3.19. The topological polar surface area (TPSA) is 68.2 Å². The zero-order valence-electron chi connectivity index (χ0n) is 18.5. The maximum Gasteiger partial charge on any atom is 0.337 e. The largest absolute Gasteiger partial charge is 0.488 e. The molecule has 1 heterocycles. The van der Waals surface area contributed by atoms with Gasteiger partial charge in [0, 0.05) is 17.1 Å². The van der Waals surface area contributed by atoms with Crippen molar-refractivity contribution in [2.45, 2.75) is 6.61 Å². The van der Waals surface area contributed by atoms with E-state index < -0.39 is 5.97 Å². The minimum Gasteiger partial charge on any atom is -0.488 e. The van der Waals surface area contributed by atoms with Gasteiger partial charge in [-0.25, -0.2) is 9.79 Å². The number of carbonyl (C=O) groups excluding carboxylic acids is 2. The van der Waals surface area contributed by atoms with E-state index in [2.05, 4.69) is 20.9 Å². The lowest BCUT2D eigenvalue weighted by Gasteiger charge is -2.10. The SMILES string of the molecule is COC(=O)c1ccc(N=C2S/C(=C\c3cc(Br)ccc3OCc3ccccc3)C(=O)N2C)cc1. The van der Waals surface area contributed by atoms with Crippen LogP contribution in [-0.4, -0.2) is 36.1 Å². The van der Waals surface area contributed by atoms with Crippen LogP contribution in [0.2, 0.25) is 0 Å². The fraction of sp³-hybridized carbons (Fsp3) is 0.115. The first-order chi connectivity index (χ1) is 16.4. The molecule has 0 aliphatic carbocycles. The molecule has 0 aromatic heterocycles. The minimum atomic E-state index is -0.411. The van der Waals surface area contributed by atoms with Crippen LogP contribution in [0.25, 0.3) is 6.08 Å². The van der Waals surface area contributed by atoms with E-state index in [-0.39, 0.29) is 5.91 Å². The lowest BCUT2D eigenvalue weighted by Crippen LogP contribution is -2.23. The predicted molar refractivity (Wildman–Crippen MR) is 138 cm³/mol. The van der Waals surface area contributed by atoms with Crippen LogP contribution in [0.15, 0.2) is 87.2 Å². The quantitative estimate of drug-likeness (QED) is 0.283. The van der Waals surface area contributed by atoms with Crippen molar-refractivity contribution in [2.24, 2.45) is 4.99 Å². The maximum atomic E-state index is 12.9. The van der Waals surface area contributed by atoms with Gasteiger partial charge in [-0.3, -0.25) is 9.69 Å². The molecule has 172 valence electrons. The zero-order chi connectivity index (χ0) is 24.1. The summed E-state index contributed by atoms with van der Waals surface area (Å²) in [7, 11) is 3.02. The molecule has 8 heteroatoms. The third kappa shape index (κ3) is 5.58. The van der Waals surface area contributed by atoms with E-state index in [9.17, 15) is 9.59 Å². The highest BCUT2D eigenvalue weighted by molar-refractivity contribution is 9.10. The normalized spacial score (nSPS) is 15.7. The number of amides is 1. The Kier molecular flexibility index (Phi) is 7.49. The van der Waals surface area contributed by atoms with Crippen LogP contribution in [0.4, 0.5) is 5.69 Å². The number of aliphatic imine (C=N–C) groups is 1. The van der Waals surface area contributed by atoms with Gasteiger partial charge >= 0.3 is 5.97 Å². The van der Waals surface area contributed by atoms with Gasteiger partial charge < -0.3 is 9.47 Å². The first-order valence-corrected chi connectivity index (χ1v) is 12.0. The molecule has 1 fully saturated rings. The van der Waals surface area contributed by atoms with Gasteiger partial charge in [0.15, 0.2) is 5.17 Å². The van der Waals surface area contributed by atoms with Crippen LogP contribution in [-0.2, 0) is 16.1 Å². The number of rotatable bonds is 6. The number of likely N-dealkylation sites (N-methyl/N-ethyl adjacent to an activating group) is 1. The smallest absolute Gasteiger partial charge is 0.337 e. The number of nitrogens with zero attached hydrogens (tertiary/aromatic N) is 2. The fourth-order valence-corrected chi connectivity index (χ4v) is 4.55. The molecule has 3 aromatic carbocycles. The van der Waals surface area contributed by atoms with E-state index in [4.69, 9.17) is 9.47 Å². The van der Waals surface area contributed by atoms with Crippen LogP contribution in [0.1, 0.15) is 21.5 Å². The highest BCUT2D eigenvalue weighted by Crippen LogP contribution is 2.35. The van der Waals surface area contributed by atoms with Crippen LogP contribution >= 0.6 is 27.7 Å². The Bertz CT molecular complexity index is 1270. The third-order valence-electron chi connectivity index (χ3n) is 5.01. The first-order valence-electron chi connectivity index (χ1n) is 10.4. The Morgan fingerprint density at radius 1 is 1.09 bits per heavy atom. The number of esters is 1. The maximum absolute atomic E-state index is 12.9. The second kappa shape index (κ2) is 10.7. The van der Waals surface area contributed by atoms with Crippen LogP contribution < -0.4 is 4.74 Å². The molecule has 34 heavy (non-hydrogen) atoms. The highest BCUT2D eigenvalue weighted by atomic mass is 79.9. The minimum absolute atomic E-state index is 0.149. The van der Waals surface area contributed by atoms with Crippen molar-refractivity contribution in [2.75, 3.05) is 14.2 Å². The summed E-state index contributed by atoms with van der Waals surface area (Å²) in [6.45, 7) is 0.425. The molecule has 4 rings (SSSR count). The average molecular weight is 537 g/mol. The molecule has 1 amide bonds. The Morgan fingerprint density at radius 2 is 1.82 bits per heavy atom. The van der Waals surface area contributed by atoms with E-state index in [0.29, 0.717) is 33.7 Å². The van der Waals surface area contributed by atoms with Gasteiger partial charge in [-0.15, -0.1) is 0 Å². The molecule has 0 saturated carbocycles. The van der Waals surface area contributed by atoms with Crippen LogP contribution in [0, 0.1) is 0 Å². The third-order valence-corrected chi connectivity index (χ3v) is 6.57. The summed E-state index contributed by atoms with van der Waals surface area (Å²) < 4.78 is 11.6. The molecule has 1 saturated heterocycles. The summed E-state index contributed by atoms with van der Waals surface area (Å²) in [6.07, 6.45) is 1.82. The molecule has 0 atom stereocenters. The van der Waals surface area contributed by atoms with Gasteiger partial charge in [-0.2, -0.15) is 0 Å². The summed E-state index contributed by atoms with van der Waals surface area (Å²) in [6, 6.07) is 22.3. The van der Waals surface area contributed by atoms with Crippen molar-refractivity contribution in [1.82, 2.24) is 4.90 Å². The Hall–Kier alpha value is -3.36. The number of carbonyl (C=O) groups is 2. The van der Waals surface area contributed by atoms with Crippen molar-refractivity contribution in [3.05, 3.63) is 98.9 Å². The summed E-state index contributed by atoms with van der Waals surface area (Å²) in [5.74, 6) is 0.120. The standard InChI is InChI=1S/C26H21BrN2O4S/c1-29-24(30)23(34-26(29)28-21-11-8-18(9-12-21)25(31)32-2)15-19-14-20(27)10-13-22(19)33-16-17-6-4-3-5-7-17/h3-15H,16H2,1-2H3/b23-15-,28-26?.